The maximum Gasteiger partial charge on any atom is 0.235 e. The Kier molecular flexibility index (Phi) is 4.92. The van der Waals surface area contributed by atoms with Crippen LogP contribution in [-0.2, 0) is 16.8 Å². The summed E-state index contributed by atoms with van der Waals surface area (Å²) in [6.45, 7) is 3.79. The van der Waals surface area contributed by atoms with Crippen LogP contribution in [0.2, 0.25) is 0 Å². The molecule has 8 heteroatoms. The van der Waals surface area contributed by atoms with Crippen molar-refractivity contribution in [2.75, 3.05) is 7.05 Å². The number of aromatic nitrogens is 1. The van der Waals surface area contributed by atoms with Crippen molar-refractivity contribution in [1.82, 2.24) is 15.4 Å². The molecule has 0 spiro atoms. The monoisotopic (exact) mass is 419 g/mol. The van der Waals surface area contributed by atoms with Gasteiger partial charge in [-0.3, -0.25) is 15.1 Å². The Morgan fingerprint density at radius 1 is 1.37 bits per heavy atom. The number of nitrogens with zero attached hydrogens (tertiary/aromatic N) is 3. The first-order valence-electron chi connectivity index (χ1n) is 9.48. The minimum absolute atomic E-state index is 0.0638. The highest BCUT2D eigenvalue weighted by molar-refractivity contribution is 7.10. The molecule has 2 atom stereocenters. The number of amides is 1. The number of guanidine groups is 1. The van der Waals surface area contributed by atoms with E-state index in [0.717, 1.165) is 21.7 Å². The van der Waals surface area contributed by atoms with Gasteiger partial charge in [0.1, 0.15) is 5.76 Å². The average molecular weight is 420 g/mol. The van der Waals surface area contributed by atoms with E-state index < -0.39 is 11.5 Å². The van der Waals surface area contributed by atoms with E-state index in [4.69, 9.17) is 9.93 Å². The summed E-state index contributed by atoms with van der Waals surface area (Å²) in [4.78, 5) is 15.4. The molecule has 2 N–H and O–H groups in total. The molecule has 0 unspecified atom stereocenters. The molecule has 0 bridgehead atoms. The quantitative estimate of drug-likeness (QED) is 0.671. The Morgan fingerprint density at radius 3 is 2.87 bits per heavy atom. The summed E-state index contributed by atoms with van der Waals surface area (Å²) in [5.74, 6) is 0.0887. The van der Waals surface area contributed by atoms with Crippen LogP contribution in [0.4, 0.5) is 0 Å². The summed E-state index contributed by atoms with van der Waals surface area (Å²) in [5.41, 5.74) is 2.50. The number of benzene rings is 1. The van der Waals surface area contributed by atoms with Crippen molar-refractivity contribution in [3.63, 3.8) is 0 Å². The van der Waals surface area contributed by atoms with E-state index in [-0.39, 0.29) is 11.9 Å². The van der Waals surface area contributed by atoms with Crippen LogP contribution in [0.5, 0.6) is 0 Å². The molecule has 1 aliphatic heterocycles. The van der Waals surface area contributed by atoms with Crippen LogP contribution >= 0.6 is 11.3 Å². The molecule has 30 heavy (non-hydrogen) atoms. The molecule has 1 aliphatic rings. The van der Waals surface area contributed by atoms with Crippen molar-refractivity contribution in [2.24, 2.45) is 5.92 Å². The van der Waals surface area contributed by atoms with E-state index in [2.05, 4.69) is 16.5 Å². The molecule has 3 heterocycles. The van der Waals surface area contributed by atoms with E-state index in [1.165, 1.54) is 16.2 Å². The molecule has 0 saturated carbocycles. The minimum Gasteiger partial charge on any atom is -0.361 e. The third-order valence-corrected chi connectivity index (χ3v) is 6.73. The van der Waals surface area contributed by atoms with Gasteiger partial charge in [0, 0.05) is 24.4 Å². The number of carbonyl (C=O) groups excluding carboxylic acids is 1. The van der Waals surface area contributed by atoms with Crippen LogP contribution in [0.1, 0.15) is 28.8 Å². The van der Waals surface area contributed by atoms with E-state index in [1.54, 1.807) is 13.1 Å². The SMILES string of the molecule is Cc1cc(C[C@H]2C(=O)N(C)C(=N)N[C@]2(C)c2cc(-c3cccc(C#N)c3)cs2)on1. The number of nitrogens with one attached hydrogen (secondary N) is 2. The lowest BCUT2D eigenvalue weighted by atomic mass is 9.78. The first-order valence-corrected chi connectivity index (χ1v) is 10.4. The molecule has 2 aromatic heterocycles. The van der Waals surface area contributed by atoms with Crippen molar-refractivity contribution < 1.29 is 9.32 Å². The third kappa shape index (κ3) is 3.37. The smallest absolute Gasteiger partial charge is 0.235 e. The van der Waals surface area contributed by atoms with Gasteiger partial charge < -0.3 is 9.84 Å². The largest absolute Gasteiger partial charge is 0.361 e. The van der Waals surface area contributed by atoms with Crippen LogP contribution in [0.15, 0.2) is 46.3 Å². The van der Waals surface area contributed by atoms with E-state index in [0.29, 0.717) is 17.7 Å². The summed E-state index contributed by atoms with van der Waals surface area (Å²) in [7, 11) is 1.60. The fourth-order valence-corrected chi connectivity index (χ4v) is 4.87. The summed E-state index contributed by atoms with van der Waals surface area (Å²) in [6, 6.07) is 13.5. The van der Waals surface area contributed by atoms with Gasteiger partial charge in [-0.25, -0.2) is 0 Å². The van der Waals surface area contributed by atoms with Crippen LogP contribution in [-0.4, -0.2) is 29.0 Å². The summed E-state index contributed by atoms with van der Waals surface area (Å²) in [6.07, 6.45) is 0.373. The van der Waals surface area contributed by atoms with Gasteiger partial charge in [-0.05, 0) is 48.6 Å². The molecule has 4 rings (SSSR count). The fraction of sp³-hybridized carbons (Fsp3) is 0.273. The highest BCUT2D eigenvalue weighted by Gasteiger charge is 2.48. The summed E-state index contributed by atoms with van der Waals surface area (Å²) < 4.78 is 5.38. The minimum atomic E-state index is -0.781. The third-order valence-electron chi connectivity index (χ3n) is 5.56. The van der Waals surface area contributed by atoms with E-state index >= 15 is 0 Å². The van der Waals surface area contributed by atoms with Gasteiger partial charge in [0.25, 0.3) is 0 Å². The average Bonchev–Trinajstić information content (AvgIpc) is 3.39. The molecule has 1 fully saturated rings. The van der Waals surface area contributed by atoms with E-state index in [9.17, 15) is 10.1 Å². The Bertz CT molecular complexity index is 1170. The van der Waals surface area contributed by atoms with Gasteiger partial charge in [0.2, 0.25) is 5.91 Å². The molecule has 0 aliphatic carbocycles. The first kappa shape index (κ1) is 19.9. The Hall–Kier alpha value is -3.44. The number of thiophene rings is 1. The number of nitriles is 1. The standard InChI is InChI=1S/C22H21N5O2S/c1-13-7-17(29-26-13)10-18-20(28)27(3)21(24)25-22(18,2)19-9-16(12-30-19)15-6-4-5-14(8-15)11-23/h4-9,12,18H,10H2,1-3H3,(H2,24,25)/t18-,22-/m0/s1. The number of hydrogen-bond acceptors (Lipinski definition) is 6. The van der Waals surface area contributed by atoms with Crippen molar-refractivity contribution in [3.05, 3.63) is 63.7 Å². The van der Waals surface area contributed by atoms with Crippen LogP contribution in [0.3, 0.4) is 0 Å². The molecular formula is C22H21N5O2S. The predicted molar refractivity (Wildman–Crippen MR) is 114 cm³/mol. The second kappa shape index (κ2) is 7.43. The molecule has 1 aromatic carbocycles. The Labute approximate surface area is 178 Å². The van der Waals surface area contributed by atoms with Crippen molar-refractivity contribution in [3.8, 4) is 17.2 Å². The zero-order valence-corrected chi connectivity index (χ0v) is 17.7. The van der Waals surface area contributed by atoms with Crippen LogP contribution in [0.25, 0.3) is 11.1 Å². The molecule has 0 radical (unpaired) electrons. The highest BCUT2D eigenvalue weighted by atomic mass is 32.1. The van der Waals surface area contributed by atoms with Gasteiger partial charge in [0.05, 0.1) is 28.8 Å². The maximum absolute atomic E-state index is 13.1. The summed E-state index contributed by atoms with van der Waals surface area (Å²) in [5, 5.41) is 26.6. The lowest BCUT2D eigenvalue weighted by Crippen LogP contribution is -2.64. The molecule has 152 valence electrons. The maximum atomic E-state index is 13.1. The highest BCUT2D eigenvalue weighted by Crippen LogP contribution is 2.41. The lowest BCUT2D eigenvalue weighted by Gasteiger charge is -2.44. The number of rotatable bonds is 4. The second-order valence-corrected chi connectivity index (χ2v) is 8.57. The van der Waals surface area contributed by atoms with Crippen LogP contribution < -0.4 is 5.32 Å². The summed E-state index contributed by atoms with van der Waals surface area (Å²) >= 11 is 1.53. The molecule has 1 saturated heterocycles. The number of hydrogen-bond donors (Lipinski definition) is 2. The van der Waals surface area contributed by atoms with Gasteiger partial charge >= 0.3 is 0 Å². The normalized spacial score (nSPS) is 21.4. The predicted octanol–water partition coefficient (Wildman–Crippen LogP) is 3.65. The Morgan fingerprint density at radius 2 is 2.17 bits per heavy atom. The number of carbonyl (C=O) groups is 1. The second-order valence-electron chi connectivity index (χ2n) is 7.66. The van der Waals surface area contributed by atoms with Crippen molar-refractivity contribution >= 4 is 23.2 Å². The molecule has 3 aromatic rings. The van der Waals surface area contributed by atoms with Crippen LogP contribution in [0, 0.1) is 29.6 Å². The molecular weight excluding hydrogens is 398 g/mol. The first-order chi connectivity index (χ1) is 14.3. The fourth-order valence-electron chi connectivity index (χ4n) is 3.77. The zero-order valence-electron chi connectivity index (χ0n) is 16.9. The van der Waals surface area contributed by atoms with Gasteiger partial charge in [0.15, 0.2) is 5.96 Å². The lowest BCUT2D eigenvalue weighted by molar-refractivity contribution is -0.135. The van der Waals surface area contributed by atoms with Crippen molar-refractivity contribution in [2.45, 2.75) is 25.8 Å². The van der Waals surface area contributed by atoms with E-state index in [1.807, 2.05) is 49.6 Å². The molecule has 1 amide bonds. The van der Waals surface area contributed by atoms with Crippen molar-refractivity contribution in [1.29, 1.82) is 10.7 Å². The number of aryl methyl sites for hydroxylation is 1. The van der Waals surface area contributed by atoms with Gasteiger partial charge in [-0.1, -0.05) is 17.3 Å². The Balaban J connectivity index is 1.73. The topological polar surface area (TPSA) is 106 Å². The molecule has 7 nitrogen and oxygen atoms in total. The zero-order chi connectivity index (χ0) is 21.5. The van der Waals surface area contributed by atoms with Gasteiger partial charge in [-0.2, -0.15) is 5.26 Å². The van der Waals surface area contributed by atoms with Gasteiger partial charge in [-0.15, -0.1) is 11.3 Å².